The van der Waals surface area contributed by atoms with Crippen LogP contribution >= 0.6 is 0 Å². The van der Waals surface area contributed by atoms with E-state index in [1.807, 2.05) is 4.90 Å². The van der Waals surface area contributed by atoms with Crippen molar-refractivity contribution in [3.63, 3.8) is 0 Å². The third-order valence-corrected chi connectivity index (χ3v) is 4.03. The maximum atomic E-state index is 12.4. The molecule has 1 aromatic carbocycles. The number of hydrogen-bond donors (Lipinski definition) is 0. The molecule has 0 unspecified atom stereocenters. The van der Waals surface area contributed by atoms with Gasteiger partial charge in [-0.15, -0.1) is 0 Å². The van der Waals surface area contributed by atoms with Crippen molar-refractivity contribution in [2.45, 2.75) is 19.8 Å². The monoisotopic (exact) mass is 291 g/mol. The highest BCUT2D eigenvalue weighted by atomic mass is 16.6. The van der Waals surface area contributed by atoms with E-state index in [-0.39, 0.29) is 18.0 Å². The van der Waals surface area contributed by atoms with Crippen LogP contribution in [0.4, 0.5) is 5.69 Å². The molecule has 1 saturated heterocycles. The molecule has 0 aliphatic carbocycles. The highest BCUT2D eigenvalue weighted by molar-refractivity contribution is 5.79. The number of carbonyl (C=O) groups excluding carboxylic acids is 1. The summed E-state index contributed by atoms with van der Waals surface area (Å²) in [6, 6.07) is 4.92. The molecule has 6 nitrogen and oxygen atoms in total. The second kappa shape index (κ2) is 6.67. The van der Waals surface area contributed by atoms with Gasteiger partial charge in [0.15, 0.2) is 0 Å². The summed E-state index contributed by atoms with van der Waals surface area (Å²) in [6.45, 7) is 5.07. The molecule has 0 spiro atoms. The minimum Gasteiger partial charge on any atom is -0.341 e. The van der Waals surface area contributed by atoms with E-state index >= 15 is 0 Å². The maximum absolute atomic E-state index is 12.4. The summed E-state index contributed by atoms with van der Waals surface area (Å²) in [6.07, 6.45) is 1.20. The zero-order valence-corrected chi connectivity index (χ0v) is 12.5. The number of nitrogens with zero attached hydrogens (tertiary/aromatic N) is 3. The van der Waals surface area contributed by atoms with E-state index in [1.165, 1.54) is 6.07 Å². The predicted molar refractivity (Wildman–Crippen MR) is 80.2 cm³/mol. The van der Waals surface area contributed by atoms with Crippen LogP contribution in [0.1, 0.15) is 17.5 Å². The van der Waals surface area contributed by atoms with Crippen LogP contribution in [0.15, 0.2) is 18.2 Å². The molecule has 114 valence electrons. The predicted octanol–water partition coefficient (Wildman–Crippen LogP) is 1.61. The van der Waals surface area contributed by atoms with Gasteiger partial charge in [-0.05, 0) is 32.5 Å². The average Bonchev–Trinajstić information content (AvgIpc) is 2.65. The van der Waals surface area contributed by atoms with Gasteiger partial charge in [-0.1, -0.05) is 12.1 Å². The fourth-order valence-electron chi connectivity index (χ4n) is 2.63. The molecule has 0 saturated carbocycles. The van der Waals surface area contributed by atoms with E-state index in [4.69, 9.17) is 0 Å². The number of nitro benzene ring substituents is 1. The first-order chi connectivity index (χ1) is 9.99. The number of benzene rings is 1. The first-order valence-corrected chi connectivity index (χ1v) is 7.18. The zero-order chi connectivity index (χ0) is 15.4. The summed E-state index contributed by atoms with van der Waals surface area (Å²) in [5, 5.41) is 10.9. The third-order valence-electron chi connectivity index (χ3n) is 4.03. The van der Waals surface area contributed by atoms with Crippen LogP contribution in [0.25, 0.3) is 0 Å². The molecule has 1 heterocycles. The van der Waals surface area contributed by atoms with E-state index in [1.54, 1.807) is 19.1 Å². The Hall–Kier alpha value is -1.95. The summed E-state index contributed by atoms with van der Waals surface area (Å²) in [7, 11) is 2.05. The maximum Gasteiger partial charge on any atom is 0.272 e. The van der Waals surface area contributed by atoms with E-state index in [2.05, 4.69) is 11.9 Å². The summed E-state index contributed by atoms with van der Waals surface area (Å²) in [5.41, 5.74) is 1.41. The SMILES string of the molecule is Cc1c(CC(=O)N2CCCN(C)CC2)cccc1[N+](=O)[O-]. The molecular weight excluding hydrogens is 270 g/mol. The molecule has 6 heteroatoms. The number of carbonyl (C=O) groups is 1. The van der Waals surface area contributed by atoms with Crippen molar-refractivity contribution in [1.82, 2.24) is 9.80 Å². The Morgan fingerprint density at radius 1 is 1.29 bits per heavy atom. The summed E-state index contributed by atoms with van der Waals surface area (Å²) < 4.78 is 0. The van der Waals surface area contributed by atoms with E-state index in [0.29, 0.717) is 5.56 Å². The van der Waals surface area contributed by atoms with Crippen molar-refractivity contribution in [2.75, 3.05) is 33.2 Å². The molecule has 1 aliphatic rings. The number of amides is 1. The van der Waals surface area contributed by atoms with Crippen LogP contribution in [-0.4, -0.2) is 53.9 Å². The molecular formula is C15H21N3O3. The van der Waals surface area contributed by atoms with Crippen LogP contribution in [0.2, 0.25) is 0 Å². The number of nitro groups is 1. The normalized spacial score (nSPS) is 16.6. The topological polar surface area (TPSA) is 66.7 Å². The molecule has 21 heavy (non-hydrogen) atoms. The highest BCUT2D eigenvalue weighted by Crippen LogP contribution is 2.22. The molecule has 1 fully saturated rings. The number of hydrogen-bond acceptors (Lipinski definition) is 4. The van der Waals surface area contributed by atoms with Gasteiger partial charge in [0, 0.05) is 31.3 Å². The van der Waals surface area contributed by atoms with Crippen molar-refractivity contribution < 1.29 is 9.72 Å². The molecule has 1 aromatic rings. The van der Waals surface area contributed by atoms with Gasteiger partial charge in [-0.3, -0.25) is 14.9 Å². The van der Waals surface area contributed by atoms with Crippen LogP contribution in [0.3, 0.4) is 0 Å². The van der Waals surface area contributed by atoms with Gasteiger partial charge in [0.2, 0.25) is 5.91 Å². The fraction of sp³-hybridized carbons (Fsp3) is 0.533. The van der Waals surface area contributed by atoms with Crippen molar-refractivity contribution in [3.05, 3.63) is 39.4 Å². The Labute approximate surface area is 124 Å². The lowest BCUT2D eigenvalue weighted by Crippen LogP contribution is -2.35. The van der Waals surface area contributed by atoms with E-state index in [9.17, 15) is 14.9 Å². The van der Waals surface area contributed by atoms with Crippen LogP contribution in [-0.2, 0) is 11.2 Å². The summed E-state index contributed by atoms with van der Waals surface area (Å²) in [5.74, 6) is 0.0499. The smallest absolute Gasteiger partial charge is 0.272 e. The lowest BCUT2D eigenvalue weighted by molar-refractivity contribution is -0.385. The lowest BCUT2D eigenvalue weighted by atomic mass is 10.0. The van der Waals surface area contributed by atoms with Crippen LogP contribution < -0.4 is 0 Å². The van der Waals surface area contributed by atoms with Crippen LogP contribution in [0.5, 0.6) is 0 Å². The van der Waals surface area contributed by atoms with E-state index in [0.717, 1.165) is 38.2 Å². The molecule has 1 amide bonds. The van der Waals surface area contributed by atoms with Gasteiger partial charge >= 0.3 is 0 Å². The third kappa shape index (κ3) is 3.78. The van der Waals surface area contributed by atoms with Crippen molar-refractivity contribution in [3.8, 4) is 0 Å². The Balaban J connectivity index is 2.09. The quantitative estimate of drug-likeness (QED) is 0.627. The van der Waals surface area contributed by atoms with E-state index < -0.39 is 4.92 Å². The average molecular weight is 291 g/mol. The fourth-order valence-corrected chi connectivity index (χ4v) is 2.63. The Kier molecular flexibility index (Phi) is 4.90. The number of likely N-dealkylation sites (N-methyl/N-ethyl adjacent to an activating group) is 1. The Morgan fingerprint density at radius 2 is 2.05 bits per heavy atom. The molecule has 2 rings (SSSR count). The first kappa shape index (κ1) is 15.4. The van der Waals surface area contributed by atoms with Gasteiger partial charge in [-0.25, -0.2) is 0 Å². The highest BCUT2D eigenvalue weighted by Gasteiger charge is 2.20. The van der Waals surface area contributed by atoms with Crippen molar-refractivity contribution in [1.29, 1.82) is 0 Å². The molecule has 0 aromatic heterocycles. The summed E-state index contributed by atoms with van der Waals surface area (Å²) in [4.78, 5) is 27.0. The Morgan fingerprint density at radius 3 is 2.76 bits per heavy atom. The largest absolute Gasteiger partial charge is 0.341 e. The minimum atomic E-state index is -0.399. The zero-order valence-electron chi connectivity index (χ0n) is 12.5. The molecule has 0 N–H and O–H groups in total. The first-order valence-electron chi connectivity index (χ1n) is 7.18. The standard InChI is InChI=1S/C15H21N3O3/c1-12-13(5-3-6-14(12)18(20)21)11-15(19)17-8-4-7-16(2)9-10-17/h3,5-6H,4,7-11H2,1-2H3. The lowest BCUT2D eigenvalue weighted by Gasteiger charge is -2.21. The van der Waals surface area contributed by atoms with Gasteiger partial charge in [0.25, 0.3) is 5.69 Å². The van der Waals surface area contributed by atoms with Crippen molar-refractivity contribution in [2.24, 2.45) is 0 Å². The number of rotatable bonds is 3. The Bertz CT molecular complexity index is 545. The second-order valence-corrected chi connectivity index (χ2v) is 5.53. The molecule has 0 radical (unpaired) electrons. The van der Waals surface area contributed by atoms with Gasteiger partial charge < -0.3 is 9.80 Å². The van der Waals surface area contributed by atoms with Gasteiger partial charge in [-0.2, -0.15) is 0 Å². The molecule has 0 atom stereocenters. The summed E-state index contributed by atoms with van der Waals surface area (Å²) >= 11 is 0. The van der Waals surface area contributed by atoms with Gasteiger partial charge in [0.1, 0.15) is 0 Å². The molecule has 1 aliphatic heterocycles. The van der Waals surface area contributed by atoms with Crippen LogP contribution in [0, 0.1) is 17.0 Å². The second-order valence-electron chi connectivity index (χ2n) is 5.53. The minimum absolute atomic E-state index is 0.0499. The van der Waals surface area contributed by atoms with Gasteiger partial charge in [0.05, 0.1) is 11.3 Å². The van der Waals surface area contributed by atoms with Crippen molar-refractivity contribution >= 4 is 11.6 Å². The molecule has 0 bridgehead atoms.